The standard InChI is InChI=1S/C15H15N/c1-10-11(2)13-7-8-16-9-15(13)14-6-4-3-5-12(10)14/h3-11H,1-2H3. The lowest BCUT2D eigenvalue weighted by atomic mass is 9.74. The third-order valence-corrected chi connectivity index (χ3v) is 3.84. The fraction of sp³-hybridized carbons (Fsp3) is 0.267. The Bertz CT molecular complexity index is 481. The summed E-state index contributed by atoms with van der Waals surface area (Å²) in [6.07, 6.45) is 3.90. The summed E-state index contributed by atoms with van der Waals surface area (Å²) in [5.41, 5.74) is 5.55. The Kier molecular flexibility index (Phi) is 2.06. The average molecular weight is 209 g/mol. The van der Waals surface area contributed by atoms with Crippen molar-refractivity contribution in [3.8, 4) is 11.1 Å². The third kappa shape index (κ3) is 1.21. The first-order valence-corrected chi connectivity index (χ1v) is 5.82. The van der Waals surface area contributed by atoms with E-state index in [1.54, 1.807) is 0 Å². The van der Waals surface area contributed by atoms with Crippen molar-refractivity contribution in [1.29, 1.82) is 0 Å². The highest BCUT2D eigenvalue weighted by atomic mass is 14.6. The minimum atomic E-state index is 0.577. The van der Waals surface area contributed by atoms with Gasteiger partial charge in [-0.2, -0.15) is 0 Å². The molecule has 2 aromatic rings. The minimum absolute atomic E-state index is 0.577. The monoisotopic (exact) mass is 209 g/mol. The number of pyridine rings is 1. The van der Waals surface area contributed by atoms with Crippen LogP contribution in [0.5, 0.6) is 0 Å². The van der Waals surface area contributed by atoms with Crippen molar-refractivity contribution in [2.75, 3.05) is 0 Å². The van der Waals surface area contributed by atoms with Crippen molar-refractivity contribution in [2.45, 2.75) is 25.7 Å². The summed E-state index contributed by atoms with van der Waals surface area (Å²) in [5.74, 6) is 1.17. The van der Waals surface area contributed by atoms with Crippen molar-refractivity contribution < 1.29 is 0 Å². The summed E-state index contributed by atoms with van der Waals surface area (Å²) in [4.78, 5) is 4.26. The van der Waals surface area contributed by atoms with E-state index < -0.39 is 0 Å². The highest BCUT2D eigenvalue weighted by Gasteiger charge is 2.27. The van der Waals surface area contributed by atoms with Gasteiger partial charge in [-0.1, -0.05) is 38.1 Å². The first kappa shape index (κ1) is 9.59. The van der Waals surface area contributed by atoms with Crippen LogP contribution < -0.4 is 0 Å². The second kappa shape index (κ2) is 3.44. The average Bonchev–Trinajstić information content (AvgIpc) is 2.36. The molecule has 0 spiro atoms. The molecule has 2 atom stereocenters. The van der Waals surface area contributed by atoms with Crippen LogP contribution in [0.3, 0.4) is 0 Å². The number of nitrogens with zero attached hydrogens (tertiary/aromatic N) is 1. The second-order valence-electron chi connectivity index (χ2n) is 4.63. The Labute approximate surface area is 96.2 Å². The van der Waals surface area contributed by atoms with E-state index in [1.807, 2.05) is 12.4 Å². The van der Waals surface area contributed by atoms with Gasteiger partial charge in [0, 0.05) is 18.0 Å². The second-order valence-corrected chi connectivity index (χ2v) is 4.63. The fourth-order valence-electron chi connectivity index (χ4n) is 2.71. The first-order valence-electron chi connectivity index (χ1n) is 5.82. The Hall–Kier alpha value is -1.63. The van der Waals surface area contributed by atoms with E-state index in [2.05, 4.69) is 49.2 Å². The van der Waals surface area contributed by atoms with Crippen molar-refractivity contribution >= 4 is 0 Å². The molecule has 80 valence electrons. The van der Waals surface area contributed by atoms with Crippen LogP contribution in [-0.2, 0) is 0 Å². The summed E-state index contributed by atoms with van der Waals surface area (Å²) in [7, 11) is 0. The molecule has 0 saturated heterocycles. The zero-order valence-electron chi connectivity index (χ0n) is 9.64. The number of hydrogen-bond acceptors (Lipinski definition) is 1. The summed E-state index contributed by atoms with van der Waals surface area (Å²) in [6, 6.07) is 10.8. The zero-order valence-corrected chi connectivity index (χ0v) is 9.64. The van der Waals surface area contributed by atoms with Gasteiger partial charge in [-0.05, 0) is 34.6 Å². The van der Waals surface area contributed by atoms with Crippen LogP contribution in [0.4, 0.5) is 0 Å². The predicted molar refractivity (Wildman–Crippen MR) is 66.5 cm³/mol. The molecule has 1 aliphatic carbocycles. The van der Waals surface area contributed by atoms with E-state index in [9.17, 15) is 0 Å². The summed E-state index contributed by atoms with van der Waals surface area (Å²) in [5, 5.41) is 0. The van der Waals surface area contributed by atoms with Crippen LogP contribution in [0.15, 0.2) is 42.7 Å². The van der Waals surface area contributed by atoms with Gasteiger partial charge >= 0.3 is 0 Å². The van der Waals surface area contributed by atoms with Crippen LogP contribution in [0, 0.1) is 0 Å². The molecule has 0 saturated carbocycles. The van der Waals surface area contributed by atoms with Gasteiger partial charge in [0.2, 0.25) is 0 Å². The summed E-state index contributed by atoms with van der Waals surface area (Å²) in [6.45, 7) is 4.62. The van der Waals surface area contributed by atoms with Crippen molar-refractivity contribution in [1.82, 2.24) is 4.98 Å². The molecule has 0 bridgehead atoms. The fourth-order valence-corrected chi connectivity index (χ4v) is 2.71. The molecule has 16 heavy (non-hydrogen) atoms. The number of benzene rings is 1. The van der Waals surface area contributed by atoms with Crippen LogP contribution in [0.25, 0.3) is 11.1 Å². The molecule has 1 nitrogen and oxygen atoms in total. The van der Waals surface area contributed by atoms with E-state index in [0.717, 1.165) is 0 Å². The Morgan fingerprint density at radius 2 is 1.56 bits per heavy atom. The SMILES string of the molecule is CC1c2ccccc2-c2cnccc2C1C. The molecule has 1 aromatic heterocycles. The number of rotatable bonds is 0. The van der Waals surface area contributed by atoms with Gasteiger partial charge in [0.15, 0.2) is 0 Å². The van der Waals surface area contributed by atoms with Crippen LogP contribution >= 0.6 is 0 Å². The smallest absolute Gasteiger partial charge is 0.0349 e. The van der Waals surface area contributed by atoms with E-state index in [0.29, 0.717) is 11.8 Å². The Balaban J connectivity index is 2.33. The van der Waals surface area contributed by atoms with Gasteiger partial charge in [-0.25, -0.2) is 0 Å². The summed E-state index contributed by atoms with van der Waals surface area (Å²) < 4.78 is 0. The van der Waals surface area contributed by atoms with Crippen LogP contribution in [0.1, 0.15) is 36.8 Å². The van der Waals surface area contributed by atoms with Gasteiger partial charge < -0.3 is 0 Å². The molecule has 3 rings (SSSR count). The molecule has 1 aromatic carbocycles. The van der Waals surface area contributed by atoms with Gasteiger partial charge in [-0.15, -0.1) is 0 Å². The Morgan fingerprint density at radius 3 is 2.38 bits per heavy atom. The molecule has 0 aliphatic heterocycles. The van der Waals surface area contributed by atoms with E-state index >= 15 is 0 Å². The molecule has 1 heteroatoms. The van der Waals surface area contributed by atoms with Crippen LogP contribution in [-0.4, -0.2) is 4.98 Å². The van der Waals surface area contributed by atoms with Crippen molar-refractivity contribution in [3.05, 3.63) is 53.9 Å². The van der Waals surface area contributed by atoms with Crippen LogP contribution in [0.2, 0.25) is 0 Å². The molecule has 0 N–H and O–H groups in total. The van der Waals surface area contributed by atoms with E-state index in [-0.39, 0.29) is 0 Å². The molecule has 1 heterocycles. The number of hydrogen-bond donors (Lipinski definition) is 0. The topological polar surface area (TPSA) is 12.9 Å². The maximum atomic E-state index is 4.26. The van der Waals surface area contributed by atoms with Gasteiger partial charge in [0.1, 0.15) is 0 Å². The lowest BCUT2D eigenvalue weighted by molar-refractivity contribution is 0.615. The molecule has 0 radical (unpaired) electrons. The lowest BCUT2D eigenvalue weighted by Crippen LogP contribution is -2.13. The Morgan fingerprint density at radius 1 is 0.875 bits per heavy atom. The first-order chi connectivity index (χ1) is 7.79. The maximum Gasteiger partial charge on any atom is 0.0349 e. The predicted octanol–water partition coefficient (Wildman–Crippen LogP) is 3.97. The number of fused-ring (bicyclic) bond motifs is 3. The molecular weight excluding hydrogens is 194 g/mol. The molecule has 1 aliphatic rings. The lowest BCUT2D eigenvalue weighted by Gasteiger charge is -2.30. The van der Waals surface area contributed by atoms with Gasteiger partial charge in [-0.3, -0.25) is 4.98 Å². The van der Waals surface area contributed by atoms with Gasteiger partial charge in [0.25, 0.3) is 0 Å². The maximum absolute atomic E-state index is 4.26. The van der Waals surface area contributed by atoms with E-state index in [1.165, 1.54) is 22.3 Å². The number of aromatic nitrogens is 1. The van der Waals surface area contributed by atoms with Crippen molar-refractivity contribution in [2.24, 2.45) is 0 Å². The zero-order chi connectivity index (χ0) is 11.1. The minimum Gasteiger partial charge on any atom is -0.264 e. The van der Waals surface area contributed by atoms with E-state index in [4.69, 9.17) is 0 Å². The van der Waals surface area contributed by atoms with Crippen molar-refractivity contribution in [3.63, 3.8) is 0 Å². The molecule has 2 unspecified atom stereocenters. The molecular formula is C15H15N. The largest absolute Gasteiger partial charge is 0.264 e. The molecule has 0 amide bonds. The third-order valence-electron chi connectivity index (χ3n) is 3.84. The highest BCUT2D eigenvalue weighted by molar-refractivity contribution is 5.74. The van der Waals surface area contributed by atoms with Gasteiger partial charge in [0.05, 0.1) is 0 Å². The molecule has 0 fully saturated rings. The highest BCUT2D eigenvalue weighted by Crippen LogP contribution is 2.45. The summed E-state index contributed by atoms with van der Waals surface area (Å²) >= 11 is 0. The normalized spacial score (nSPS) is 22.4. The quantitative estimate of drug-likeness (QED) is 0.639.